The molecule has 102 valence electrons. The van der Waals surface area contributed by atoms with E-state index < -0.39 is 0 Å². The van der Waals surface area contributed by atoms with Gasteiger partial charge in [0.05, 0.1) is 5.69 Å². The molecular formula is C16H22N2O. The first-order chi connectivity index (χ1) is 9.35. The summed E-state index contributed by atoms with van der Waals surface area (Å²) in [5.41, 5.74) is 0.879. The van der Waals surface area contributed by atoms with Gasteiger partial charge in [-0.05, 0) is 37.8 Å². The molecule has 0 atom stereocenters. The maximum absolute atomic E-state index is 5.99. The lowest BCUT2D eigenvalue weighted by Crippen LogP contribution is -2.46. The summed E-state index contributed by atoms with van der Waals surface area (Å²) in [6.07, 6.45) is 8.53. The number of likely N-dealkylation sites (tertiary alicyclic amines) is 1. The topological polar surface area (TPSA) is 25.4 Å². The molecule has 3 nitrogen and oxygen atoms in total. The second-order valence-corrected chi connectivity index (χ2v) is 5.54. The van der Waals surface area contributed by atoms with Gasteiger partial charge in [0.15, 0.2) is 0 Å². The van der Waals surface area contributed by atoms with E-state index in [1.54, 1.807) is 6.08 Å². The van der Waals surface area contributed by atoms with E-state index in [4.69, 9.17) is 4.74 Å². The average Bonchev–Trinajstić information content (AvgIpc) is 2.39. The molecule has 0 radical (unpaired) electrons. The molecule has 1 aliphatic heterocycles. The zero-order valence-corrected chi connectivity index (χ0v) is 11.4. The molecule has 0 aromatic carbocycles. The van der Waals surface area contributed by atoms with Crippen LogP contribution in [0.15, 0.2) is 24.8 Å². The van der Waals surface area contributed by atoms with Crippen molar-refractivity contribution in [3.8, 4) is 5.88 Å². The van der Waals surface area contributed by atoms with Gasteiger partial charge in [-0.15, -0.1) is 0 Å². The first-order valence-corrected chi connectivity index (χ1v) is 7.35. The molecule has 1 saturated heterocycles. The minimum atomic E-state index is 0.323. The molecule has 3 heteroatoms. The predicted octanol–water partition coefficient (Wildman–Crippen LogP) is 3.12. The summed E-state index contributed by atoms with van der Waals surface area (Å²) in [7, 11) is 0. The standard InChI is InChI=1S/C16H22N2O/c1-2-13-5-3-8-16(17-13)19-15-9-11-18(12-10-15)14-6-4-7-14/h2-3,5,8,14-15H,1,4,6-7,9-12H2. The Morgan fingerprint density at radius 2 is 2.00 bits per heavy atom. The molecule has 0 unspecified atom stereocenters. The monoisotopic (exact) mass is 258 g/mol. The smallest absolute Gasteiger partial charge is 0.214 e. The largest absolute Gasteiger partial charge is 0.474 e. The number of piperidine rings is 1. The van der Waals surface area contributed by atoms with Crippen molar-refractivity contribution in [1.82, 2.24) is 9.88 Å². The van der Waals surface area contributed by atoms with Gasteiger partial charge >= 0.3 is 0 Å². The molecule has 3 rings (SSSR count). The van der Waals surface area contributed by atoms with Crippen molar-refractivity contribution in [1.29, 1.82) is 0 Å². The Morgan fingerprint density at radius 1 is 1.21 bits per heavy atom. The zero-order chi connectivity index (χ0) is 13.1. The highest BCUT2D eigenvalue weighted by Crippen LogP contribution is 2.28. The quantitative estimate of drug-likeness (QED) is 0.829. The summed E-state index contributed by atoms with van der Waals surface area (Å²) in [4.78, 5) is 7.05. The summed E-state index contributed by atoms with van der Waals surface area (Å²) in [6, 6.07) is 6.72. The zero-order valence-electron chi connectivity index (χ0n) is 11.4. The van der Waals surface area contributed by atoms with Crippen molar-refractivity contribution in [3.63, 3.8) is 0 Å². The van der Waals surface area contributed by atoms with E-state index in [-0.39, 0.29) is 0 Å². The second-order valence-electron chi connectivity index (χ2n) is 5.54. The molecule has 0 N–H and O–H groups in total. The highest BCUT2D eigenvalue weighted by molar-refractivity contribution is 5.42. The summed E-state index contributed by atoms with van der Waals surface area (Å²) < 4.78 is 5.99. The van der Waals surface area contributed by atoms with Gasteiger partial charge in [0.2, 0.25) is 5.88 Å². The van der Waals surface area contributed by atoms with E-state index in [1.165, 1.54) is 32.4 Å². The maximum atomic E-state index is 5.99. The molecule has 0 bridgehead atoms. The third-order valence-corrected chi connectivity index (χ3v) is 4.31. The van der Waals surface area contributed by atoms with Crippen LogP contribution < -0.4 is 4.74 Å². The van der Waals surface area contributed by atoms with Crippen LogP contribution in [0.1, 0.15) is 37.8 Å². The van der Waals surface area contributed by atoms with Crippen LogP contribution in [-0.4, -0.2) is 35.1 Å². The summed E-state index contributed by atoms with van der Waals surface area (Å²) in [5.74, 6) is 0.736. The van der Waals surface area contributed by atoms with Gasteiger partial charge in [-0.2, -0.15) is 0 Å². The molecule has 1 aromatic heterocycles. The van der Waals surface area contributed by atoms with E-state index in [0.29, 0.717) is 6.10 Å². The summed E-state index contributed by atoms with van der Waals surface area (Å²) >= 11 is 0. The number of hydrogen-bond acceptors (Lipinski definition) is 3. The lowest BCUT2D eigenvalue weighted by molar-refractivity contribution is 0.0475. The lowest BCUT2D eigenvalue weighted by atomic mass is 9.90. The minimum absolute atomic E-state index is 0.323. The first-order valence-electron chi connectivity index (χ1n) is 7.35. The van der Waals surface area contributed by atoms with Crippen LogP contribution in [0.25, 0.3) is 6.08 Å². The molecular weight excluding hydrogens is 236 g/mol. The van der Waals surface area contributed by atoms with E-state index in [0.717, 1.165) is 30.5 Å². The molecule has 1 aromatic rings. The maximum Gasteiger partial charge on any atom is 0.214 e. The Balaban J connectivity index is 1.52. The number of rotatable bonds is 4. The van der Waals surface area contributed by atoms with Crippen molar-refractivity contribution < 1.29 is 4.74 Å². The Bertz CT molecular complexity index is 434. The lowest BCUT2D eigenvalue weighted by Gasteiger charge is -2.41. The SMILES string of the molecule is C=Cc1cccc(OC2CCN(C3CCC3)CC2)n1. The molecule has 1 aliphatic carbocycles. The second kappa shape index (κ2) is 5.74. The van der Waals surface area contributed by atoms with Crippen molar-refractivity contribution in [2.45, 2.75) is 44.2 Å². The van der Waals surface area contributed by atoms with Gasteiger partial charge < -0.3 is 9.64 Å². The van der Waals surface area contributed by atoms with Crippen molar-refractivity contribution in [2.75, 3.05) is 13.1 Å². The van der Waals surface area contributed by atoms with E-state index in [2.05, 4.69) is 16.5 Å². The normalized spacial score (nSPS) is 21.9. The van der Waals surface area contributed by atoms with Crippen LogP contribution in [0.2, 0.25) is 0 Å². The van der Waals surface area contributed by atoms with Crippen molar-refractivity contribution in [2.24, 2.45) is 0 Å². The van der Waals surface area contributed by atoms with Crippen LogP contribution in [-0.2, 0) is 0 Å². The fourth-order valence-corrected chi connectivity index (χ4v) is 2.89. The number of hydrogen-bond donors (Lipinski definition) is 0. The number of pyridine rings is 1. The number of ether oxygens (including phenoxy) is 1. The van der Waals surface area contributed by atoms with Crippen LogP contribution in [0.5, 0.6) is 5.88 Å². The number of nitrogens with zero attached hydrogens (tertiary/aromatic N) is 2. The first kappa shape index (κ1) is 12.7. The van der Waals surface area contributed by atoms with Gasteiger partial charge in [0, 0.05) is 25.2 Å². The van der Waals surface area contributed by atoms with E-state index >= 15 is 0 Å². The van der Waals surface area contributed by atoms with Crippen molar-refractivity contribution >= 4 is 6.08 Å². The van der Waals surface area contributed by atoms with Gasteiger partial charge in [-0.25, -0.2) is 4.98 Å². The average molecular weight is 258 g/mol. The number of aromatic nitrogens is 1. The third-order valence-electron chi connectivity index (χ3n) is 4.31. The highest BCUT2D eigenvalue weighted by Gasteiger charge is 2.29. The Hall–Kier alpha value is -1.35. The Labute approximate surface area is 115 Å². The van der Waals surface area contributed by atoms with Crippen LogP contribution in [0, 0.1) is 0 Å². The molecule has 2 aliphatic rings. The van der Waals surface area contributed by atoms with Gasteiger partial charge in [0.25, 0.3) is 0 Å². The summed E-state index contributed by atoms with van der Waals surface area (Å²) in [6.45, 7) is 6.09. The van der Waals surface area contributed by atoms with Crippen molar-refractivity contribution in [3.05, 3.63) is 30.5 Å². The molecule has 19 heavy (non-hydrogen) atoms. The van der Waals surface area contributed by atoms with Crippen LogP contribution >= 0.6 is 0 Å². The third kappa shape index (κ3) is 2.98. The van der Waals surface area contributed by atoms with Gasteiger partial charge in [0.1, 0.15) is 6.10 Å². The van der Waals surface area contributed by atoms with Crippen LogP contribution in [0.4, 0.5) is 0 Å². The summed E-state index contributed by atoms with van der Waals surface area (Å²) in [5, 5.41) is 0. The fourth-order valence-electron chi connectivity index (χ4n) is 2.89. The van der Waals surface area contributed by atoms with Gasteiger partial charge in [-0.3, -0.25) is 0 Å². The Morgan fingerprint density at radius 3 is 2.63 bits per heavy atom. The van der Waals surface area contributed by atoms with Crippen LogP contribution in [0.3, 0.4) is 0 Å². The molecule has 2 fully saturated rings. The highest BCUT2D eigenvalue weighted by atomic mass is 16.5. The van der Waals surface area contributed by atoms with Gasteiger partial charge in [-0.1, -0.05) is 19.1 Å². The minimum Gasteiger partial charge on any atom is -0.474 e. The predicted molar refractivity (Wildman–Crippen MR) is 77.2 cm³/mol. The Kier molecular flexibility index (Phi) is 3.83. The van der Waals surface area contributed by atoms with E-state index in [9.17, 15) is 0 Å². The molecule has 0 spiro atoms. The fraction of sp³-hybridized carbons (Fsp3) is 0.562. The molecule has 0 amide bonds. The molecule has 2 heterocycles. The van der Waals surface area contributed by atoms with E-state index in [1.807, 2.05) is 18.2 Å². The molecule has 1 saturated carbocycles.